The van der Waals surface area contributed by atoms with Crippen LogP contribution >= 0.6 is 11.3 Å². The zero-order valence-electron chi connectivity index (χ0n) is 14.7. The van der Waals surface area contributed by atoms with Crippen molar-refractivity contribution in [3.8, 4) is 0 Å². The van der Waals surface area contributed by atoms with E-state index < -0.39 is 5.60 Å². The second-order valence-corrected chi connectivity index (χ2v) is 8.05. The third-order valence-corrected chi connectivity index (χ3v) is 6.18. The van der Waals surface area contributed by atoms with Crippen LogP contribution in [0.2, 0.25) is 0 Å². The summed E-state index contributed by atoms with van der Waals surface area (Å²) in [5, 5.41) is 11.4. The van der Waals surface area contributed by atoms with E-state index in [1.165, 1.54) is 0 Å². The molecule has 1 aliphatic heterocycles. The van der Waals surface area contributed by atoms with Crippen LogP contribution in [0.15, 0.2) is 4.79 Å². The van der Waals surface area contributed by atoms with Gasteiger partial charge < -0.3 is 14.8 Å². The van der Waals surface area contributed by atoms with E-state index in [0.29, 0.717) is 43.8 Å². The lowest BCUT2D eigenvalue weighted by molar-refractivity contribution is -0.0811. The molecule has 0 bridgehead atoms. The number of nitrogens with zero attached hydrogens (tertiary/aromatic N) is 2. The summed E-state index contributed by atoms with van der Waals surface area (Å²) in [6.45, 7) is 7.68. The lowest BCUT2D eigenvalue weighted by Gasteiger charge is -2.37. The standard InChI is InChI=1S/C17H25N3O3S/c1-10-12(3)24-16-13(10)15(21)18-14(19-16)11(2)20(4)9-17(22)5-7-23-8-6-17/h11,22H,5-9H2,1-4H3,(H,18,19,21). The summed E-state index contributed by atoms with van der Waals surface area (Å²) in [7, 11) is 1.95. The third kappa shape index (κ3) is 3.26. The van der Waals surface area contributed by atoms with Crippen molar-refractivity contribution in [2.75, 3.05) is 26.8 Å². The molecule has 1 fully saturated rings. The molecule has 1 aliphatic rings. The van der Waals surface area contributed by atoms with Gasteiger partial charge in [-0.15, -0.1) is 11.3 Å². The maximum Gasteiger partial charge on any atom is 0.259 e. The first-order chi connectivity index (χ1) is 11.3. The Morgan fingerprint density at radius 2 is 2.08 bits per heavy atom. The van der Waals surface area contributed by atoms with E-state index in [4.69, 9.17) is 4.74 Å². The van der Waals surface area contributed by atoms with Crippen LogP contribution in [0.1, 0.15) is 42.1 Å². The third-order valence-electron chi connectivity index (χ3n) is 5.08. The number of aromatic amines is 1. The molecule has 0 saturated carbocycles. The van der Waals surface area contributed by atoms with Crippen LogP contribution < -0.4 is 5.56 Å². The molecule has 0 radical (unpaired) electrons. The smallest absolute Gasteiger partial charge is 0.259 e. The zero-order valence-corrected chi connectivity index (χ0v) is 15.5. The van der Waals surface area contributed by atoms with Crippen LogP contribution in [0.5, 0.6) is 0 Å². The maximum absolute atomic E-state index is 12.4. The summed E-state index contributed by atoms with van der Waals surface area (Å²) in [5.41, 5.74) is 0.191. The highest BCUT2D eigenvalue weighted by Gasteiger charge is 2.32. The highest BCUT2D eigenvalue weighted by Crippen LogP contribution is 2.28. The minimum atomic E-state index is -0.734. The lowest BCUT2D eigenvalue weighted by Crippen LogP contribution is -2.46. The predicted octanol–water partition coefficient (Wildman–Crippen LogP) is 2.14. The number of aliphatic hydroxyl groups is 1. The second kappa shape index (κ2) is 6.55. The molecule has 1 atom stereocenters. The van der Waals surface area contributed by atoms with Crippen molar-refractivity contribution >= 4 is 21.6 Å². The number of fused-ring (bicyclic) bond motifs is 1. The van der Waals surface area contributed by atoms with Crippen molar-refractivity contribution < 1.29 is 9.84 Å². The van der Waals surface area contributed by atoms with Crippen molar-refractivity contribution in [1.82, 2.24) is 14.9 Å². The first-order valence-electron chi connectivity index (χ1n) is 8.31. The van der Waals surface area contributed by atoms with Gasteiger partial charge in [0.25, 0.3) is 5.56 Å². The molecule has 2 aromatic heterocycles. The van der Waals surface area contributed by atoms with Gasteiger partial charge in [0, 0.05) is 37.5 Å². The normalized spacial score (nSPS) is 19.1. The molecular weight excluding hydrogens is 326 g/mol. The largest absolute Gasteiger partial charge is 0.388 e. The number of nitrogens with one attached hydrogen (secondary N) is 1. The summed E-state index contributed by atoms with van der Waals surface area (Å²) in [5.74, 6) is 0.645. The van der Waals surface area contributed by atoms with Crippen molar-refractivity contribution in [2.24, 2.45) is 0 Å². The molecule has 3 rings (SSSR count). The molecule has 2 aromatic rings. The fraction of sp³-hybridized carbons (Fsp3) is 0.647. The van der Waals surface area contributed by atoms with Crippen molar-refractivity contribution in [3.63, 3.8) is 0 Å². The fourth-order valence-electron chi connectivity index (χ4n) is 3.19. The number of ether oxygens (including phenoxy) is 1. The molecule has 0 spiro atoms. The second-order valence-electron chi connectivity index (χ2n) is 6.84. The molecule has 6 nitrogen and oxygen atoms in total. The van der Waals surface area contributed by atoms with Gasteiger partial charge in [0.05, 0.1) is 17.0 Å². The molecule has 1 saturated heterocycles. The number of aromatic nitrogens is 2. The van der Waals surface area contributed by atoms with E-state index >= 15 is 0 Å². The Morgan fingerprint density at radius 1 is 1.42 bits per heavy atom. The van der Waals surface area contributed by atoms with Gasteiger partial charge in [-0.2, -0.15) is 0 Å². The van der Waals surface area contributed by atoms with Crippen LogP contribution in [0.25, 0.3) is 10.2 Å². The van der Waals surface area contributed by atoms with E-state index in [2.05, 4.69) is 9.97 Å². The highest BCUT2D eigenvalue weighted by molar-refractivity contribution is 7.18. The van der Waals surface area contributed by atoms with Crippen LogP contribution in [-0.4, -0.2) is 52.4 Å². The molecule has 2 N–H and O–H groups in total. The number of likely N-dealkylation sites (N-methyl/N-ethyl adjacent to an activating group) is 1. The molecule has 7 heteroatoms. The van der Waals surface area contributed by atoms with E-state index in [1.54, 1.807) is 11.3 Å². The Kier molecular flexibility index (Phi) is 4.79. The molecular formula is C17H25N3O3S. The van der Waals surface area contributed by atoms with E-state index in [0.717, 1.165) is 15.3 Å². The van der Waals surface area contributed by atoms with Crippen LogP contribution in [0.4, 0.5) is 0 Å². The molecule has 24 heavy (non-hydrogen) atoms. The number of aryl methyl sites for hydroxylation is 2. The Hall–Kier alpha value is -1.28. The molecule has 132 valence electrons. The van der Waals surface area contributed by atoms with Crippen molar-refractivity contribution in [1.29, 1.82) is 0 Å². The number of hydrogen-bond acceptors (Lipinski definition) is 6. The van der Waals surface area contributed by atoms with Crippen LogP contribution in [-0.2, 0) is 4.74 Å². The summed E-state index contributed by atoms with van der Waals surface area (Å²) in [4.78, 5) is 24.0. The van der Waals surface area contributed by atoms with Crippen molar-refractivity contribution in [2.45, 2.75) is 45.3 Å². The van der Waals surface area contributed by atoms with E-state index in [1.807, 2.05) is 32.7 Å². The van der Waals surface area contributed by atoms with Gasteiger partial charge in [-0.25, -0.2) is 4.98 Å². The van der Waals surface area contributed by atoms with Gasteiger partial charge in [0.15, 0.2) is 0 Å². The Labute approximate surface area is 145 Å². The molecule has 0 amide bonds. The van der Waals surface area contributed by atoms with E-state index in [9.17, 15) is 9.90 Å². The minimum Gasteiger partial charge on any atom is -0.388 e. The molecule has 0 aromatic carbocycles. The zero-order chi connectivity index (χ0) is 17.5. The van der Waals surface area contributed by atoms with Crippen LogP contribution in [0.3, 0.4) is 0 Å². The van der Waals surface area contributed by atoms with Gasteiger partial charge in [0.1, 0.15) is 10.7 Å². The number of thiophene rings is 1. The first-order valence-corrected chi connectivity index (χ1v) is 9.13. The Balaban J connectivity index is 1.85. The molecule has 3 heterocycles. The predicted molar refractivity (Wildman–Crippen MR) is 95.8 cm³/mol. The SMILES string of the molecule is Cc1sc2nc(C(C)N(C)CC3(O)CCOCC3)[nH]c(=O)c2c1C. The van der Waals surface area contributed by atoms with Gasteiger partial charge in [-0.3, -0.25) is 9.69 Å². The van der Waals surface area contributed by atoms with Gasteiger partial charge >= 0.3 is 0 Å². The number of H-pyrrole nitrogens is 1. The minimum absolute atomic E-state index is 0.0816. The first kappa shape index (κ1) is 17.5. The summed E-state index contributed by atoms with van der Waals surface area (Å²) in [6, 6.07) is -0.0864. The average molecular weight is 351 g/mol. The lowest BCUT2D eigenvalue weighted by atomic mass is 9.93. The number of rotatable bonds is 4. The van der Waals surface area contributed by atoms with Gasteiger partial charge in [-0.1, -0.05) is 0 Å². The summed E-state index contributed by atoms with van der Waals surface area (Å²) in [6.07, 6.45) is 1.27. The van der Waals surface area contributed by atoms with Gasteiger partial charge in [0.2, 0.25) is 0 Å². The Bertz CT molecular complexity index is 792. The maximum atomic E-state index is 12.4. The molecule has 1 unspecified atom stereocenters. The van der Waals surface area contributed by atoms with Gasteiger partial charge in [-0.05, 0) is 33.4 Å². The topological polar surface area (TPSA) is 78.5 Å². The fourth-order valence-corrected chi connectivity index (χ4v) is 4.23. The summed E-state index contributed by atoms with van der Waals surface area (Å²) < 4.78 is 5.33. The molecule has 0 aliphatic carbocycles. The summed E-state index contributed by atoms with van der Waals surface area (Å²) >= 11 is 1.56. The highest BCUT2D eigenvalue weighted by atomic mass is 32.1. The van der Waals surface area contributed by atoms with E-state index in [-0.39, 0.29) is 11.6 Å². The number of hydrogen-bond donors (Lipinski definition) is 2. The quantitative estimate of drug-likeness (QED) is 0.882. The van der Waals surface area contributed by atoms with Crippen LogP contribution in [0, 0.1) is 13.8 Å². The monoisotopic (exact) mass is 351 g/mol. The van der Waals surface area contributed by atoms with Crippen molar-refractivity contribution in [3.05, 3.63) is 26.6 Å². The average Bonchev–Trinajstić information content (AvgIpc) is 2.81. The Morgan fingerprint density at radius 3 is 2.75 bits per heavy atom.